The lowest BCUT2D eigenvalue weighted by molar-refractivity contribution is 0.328. The molecule has 0 amide bonds. The first-order chi connectivity index (χ1) is 13.2. The van der Waals surface area contributed by atoms with E-state index in [1.807, 2.05) is 18.3 Å². The normalized spacial score (nSPS) is 18.3. The minimum absolute atomic E-state index is 0.129. The third kappa shape index (κ3) is 10.5. The lowest BCUT2D eigenvalue weighted by Crippen LogP contribution is -2.37. The van der Waals surface area contributed by atoms with Gasteiger partial charge in [-0.2, -0.15) is 0 Å². The molecule has 1 atom stereocenters. The number of rotatable bonds is 13. The number of hydrogen-bond acceptors (Lipinski definition) is 3. The van der Waals surface area contributed by atoms with E-state index in [2.05, 4.69) is 12.1 Å². The highest BCUT2D eigenvalue weighted by atomic mass is 32.1. The van der Waals surface area contributed by atoms with Crippen molar-refractivity contribution >= 4 is 18.9 Å². The van der Waals surface area contributed by atoms with Crippen LogP contribution in [-0.4, -0.2) is 21.5 Å². The zero-order chi connectivity index (χ0) is 20.5. The van der Waals surface area contributed by atoms with Gasteiger partial charge < -0.3 is 15.5 Å². The molecule has 4 N–H and O–H groups in total. The van der Waals surface area contributed by atoms with Crippen molar-refractivity contribution in [2.24, 2.45) is 11.7 Å². The second-order valence-corrected chi connectivity index (χ2v) is 12.1. The highest BCUT2D eigenvalue weighted by Crippen LogP contribution is 2.37. The lowest BCUT2D eigenvalue weighted by Gasteiger charge is -2.24. The number of hydrogen-bond donors (Lipinski definition) is 3. The maximum Gasteiger partial charge on any atom is 0.325 e. The number of aryl methyl sites for hydroxylation is 2. The van der Waals surface area contributed by atoms with Crippen LogP contribution in [-0.2, 0) is 17.4 Å². The van der Waals surface area contributed by atoms with Crippen LogP contribution in [0.25, 0.3) is 0 Å². The Morgan fingerprint density at radius 1 is 1.04 bits per heavy atom. The molecule has 28 heavy (non-hydrogen) atoms. The fourth-order valence-electron chi connectivity index (χ4n) is 4.19. The number of unbranched alkanes of at least 4 members (excludes halogenated alkanes) is 3. The van der Waals surface area contributed by atoms with E-state index < -0.39 is 13.1 Å². The molecule has 1 aromatic rings. The summed E-state index contributed by atoms with van der Waals surface area (Å²) < 4.78 is 11.0. The van der Waals surface area contributed by atoms with Gasteiger partial charge >= 0.3 is 7.60 Å². The van der Waals surface area contributed by atoms with Gasteiger partial charge in [0.2, 0.25) is 0 Å². The van der Waals surface area contributed by atoms with Crippen molar-refractivity contribution < 1.29 is 14.4 Å². The summed E-state index contributed by atoms with van der Waals surface area (Å²) in [5.74, 6) is 1.02. The summed E-state index contributed by atoms with van der Waals surface area (Å²) in [7, 11) is -3.96. The smallest absolute Gasteiger partial charge is 0.325 e. The second-order valence-electron chi connectivity index (χ2n) is 9.12. The Morgan fingerprint density at radius 3 is 2.36 bits per heavy atom. The summed E-state index contributed by atoms with van der Waals surface area (Å²) in [4.78, 5) is 20.8. The summed E-state index contributed by atoms with van der Waals surface area (Å²) in [6.07, 6.45) is 17.2. The molecule has 1 fully saturated rings. The van der Waals surface area contributed by atoms with Gasteiger partial charge in [0.05, 0.1) is 6.16 Å². The SMILES string of the molecule is CC(N)(CCc1ccc(CCCCCCC2CCCCC2)s1)CCP(=O)(O)O. The van der Waals surface area contributed by atoms with Crippen molar-refractivity contribution in [3.8, 4) is 0 Å². The molecule has 4 nitrogen and oxygen atoms in total. The Kier molecular flexibility index (Phi) is 10.2. The van der Waals surface area contributed by atoms with E-state index in [0.717, 1.165) is 18.8 Å². The Bertz CT molecular complexity index is 605. The van der Waals surface area contributed by atoms with Crippen molar-refractivity contribution in [1.82, 2.24) is 0 Å². The molecule has 1 aliphatic carbocycles. The monoisotopic (exact) mass is 429 g/mol. The van der Waals surface area contributed by atoms with Crippen LogP contribution in [0.1, 0.15) is 93.7 Å². The first kappa shape index (κ1) is 24.1. The summed E-state index contributed by atoms with van der Waals surface area (Å²) in [5, 5.41) is 0. The molecule has 0 radical (unpaired) electrons. The molecule has 1 unspecified atom stereocenters. The number of thiophene rings is 1. The van der Waals surface area contributed by atoms with Gasteiger partial charge in [-0.15, -0.1) is 11.3 Å². The molecule has 1 aliphatic rings. The molecule has 1 aromatic heterocycles. The van der Waals surface area contributed by atoms with Gasteiger partial charge in [0.15, 0.2) is 0 Å². The maximum atomic E-state index is 11.0. The summed E-state index contributed by atoms with van der Waals surface area (Å²) >= 11 is 1.87. The molecule has 0 spiro atoms. The minimum atomic E-state index is -3.96. The van der Waals surface area contributed by atoms with Crippen LogP contribution >= 0.6 is 18.9 Å². The topological polar surface area (TPSA) is 83.6 Å². The van der Waals surface area contributed by atoms with Gasteiger partial charge in [-0.25, -0.2) is 0 Å². The molecular weight excluding hydrogens is 389 g/mol. The Morgan fingerprint density at radius 2 is 1.68 bits per heavy atom. The van der Waals surface area contributed by atoms with Gasteiger partial charge in [0.1, 0.15) is 0 Å². The van der Waals surface area contributed by atoms with Gasteiger partial charge in [0, 0.05) is 15.3 Å². The van der Waals surface area contributed by atoms with E-state index in [4.69, 9.17) is 15.5 Å². The predicted molar refractivity (Wildman–Crippen MR) is 120 cm³/mol. The fourth-order valence-corrected chi connectivity index (χ4v) is 6.05. The highest BCUT2D eigenvalue weighted by Gasteiger charge is 2.23. The van der Waals surface area contributed by atoms with Crippen LogP contribution in [0.3, 0.4) is 0 Å². The zero-order valence-corrected chi connectivity index (χ0v) is 19.3. The van der Waals surface area contributed by atoms with Gasteiger partial charge in [-0.1, -0.05) is 57.8 Å². The zero-order valence-electron chi connectivity index (χ0n) is 17.6. The molecule has 2 rings (SSSR count). The van der Waals surface area contributed by atoms with Crippen molar-refractivity contribution in [3.63, 3.8) is 0 Å². The summed E-state index contributed by atoms with van der Waals surface area (Å²) in [6, 6.07) is 4.44. The van der Waals surface area contributed by atoms with Crippen LogP contribution in [0.5, 0.6) is 0 Å². The van der Waals surface area contributed by atoms with Gasteiger partial charge in [-0.05, 0) is 57.1 Å². The van der Waals surface area contributed by atoms with Crippen LogP contribution in [0.2, 0.25) is 0 Å². The van der Waals surface area contributed by atoms with Crippen LogP contribution < -0.4 is 5.73 Å². The Hall–Kier alpha value is -0.190. The quantitative estimate of drug-likeness (QED) is 0.264. The third-order valence-electron chi connectivity index (χ3n) is 6.14. The maximum absolute atomic E-state index is 11.0. The first-order valence-electron chi connectivity index (χ1n) is 11.1. The molecule has 0 bridgehead atoms. The summed E-state index contributed by atoms with van der Waals surface area (Å²) in [5.41, 5.74) is 5.70. The van der Waals surface area contributed by atoms with E-state index in [-0.39, 0.29) is 6.16 Å². The predicted octanol–water partition coefficient (Wildman–Crippen LogP) is 6.04. The van der Waals surface area contributed by atoms with Crippen LogP contribution in [0.4, 0.5) is 0 Å². The average Bonchev–Trinajstić information content (AvgIpc) is 3.10. The molecule has 1 saturated carbocycles. The van der Waals surface area contributed by atoms with E-state index >= 15 is 0 Å². The fraction of sp³-hybridized carbons (Fsp3) is 0.818. The van der Waals surface area contributed by atoms with E-state index in [9.17, 15) is 4.57 Å². The lowest BCUT2D eigenvalue weighted by atomic mass is 9.85. The number of nitrogens with two attached hydrogens (primary N) is 1. The van der Waals surface area contributed by atoms with E-state index in [0.29, 0.717) is 6.42 Å². The van der Waals surface area contributed by atoms with E-state index in [1.54, 1.807) is 0 Å². The van der Waals surface area contributed by atoms with Crippen molar-refractivity contribution in [2.75, 3.05) is 6.16 Å². The van der Waals surface area contributed by atoms with Crippen molar-refractivity contribution in [2.45, 2.75) is 102 Å². The average molecular weight is 430 g/mol. The molecular formula is C22H40NO3PS. The second kappa shape index (κ2) is 11.9. The van der Waals surface area contributed by atoms with Crippen molar-refractivity contribution in [3.05, 3.63) is 21.9 Å². The van der Waals surface area contributed by atoms with Crippen molar-refractivity contribution in [1.29, 1.82) is 0 Å². The summed E-state index contributed by atoms with van der Waals surface area (Å²) in [6.45, 7) is 1.89. The van der Waals surface area contributed by atoms with Gasteiger partial charge in [-0.3, -0.25) is 4.57 Å². The molecule has 1 heterocycles. The molecule has 0 aliphatic heterocycles. The Labute approximate surface area is 175 Å². The highest BCUT2D eigenvalue weighted by molar-refractivity contribution is 7.51. The molecule has 162 valence electrons. The standard InChI is InChI=1S/C22H40NO3PS/c1-22(23,17-18-27(24,25)26)16-15-21-14-13-20(28-21)12-8-3-2-5-9-19-10-6-4-7-11-19/h13-14,19H,2-12,15-18,23H2,1H3,(H2,24,25,26). The molecule has 0 aromatic carbocycles. The first-order valence-corrected chi connectivity index (χ1v) is 13.8. The minimum Gasteiger partial charge on any atom is -0.325 e. The third-order valence-corrected chi connectivity index (χ3v) is 8.16. The van der Waals surface area contributed by atoms with Crippen LogP contribution in [0, 0.1) is 5.92 Å². The molecule has 0 saturated heterocycles. The Balaban J connectivity index is 1.57. The molecule has 6 heteroatoms. The van der Waals surface area contributed by atoms with Crippen LogP contribution in [0.15, 0.2) is 12.1 Å². The van der Waals surface area contributed by atoms with E-state index in [1.165, 1.54) is 80.4 Å². The largest absolute Gasteiger partial charge is 0.325 e. The van der Waals surface area contributed by atoms with Gasteiger partial charge in [0.25, 0.3) is 0 Å².